The molecule has 0 spiro atoms. The largest absolute Gasteiger partial charge is 0.340 e. The van der Waals surface area contributed by atoms with Crippen molar-refractivity contribution in [2.45, 2.75) is 0 Å². The van der Waals surface area contributed by atoms with Crippen LogP contribution in [0.1, 0.15) is 10.5 Å². The summed E-state index contributed by atoms with van der Waals surface area (Å²) < 4.78 is 1.36. The van der Waals surface area contributed by atoms with Crippen molar-refractivity contribution in [3.05, 3.63) is 54.4 Å². The molecule has 0 saturated heterocycles. The van der Waals surface area contributed by atoms with Gasteiger partial charge in [-0.1, -0.05) is 18.2 Å². The highest BCUT2D eigenvalue weighted by molar-refractivity contribution is 6.26. The van der Waals surface area contributed by atoms with E-state index in [1.165, 1.54) is 9.47 Å². The Hall–Kier alpha value is -2.36. The fraction of sp³-hybridized carbons (Fsp3) is 0. The summed E-state index contributed by atoms with van der Waals surface area (Å²) in [4.78, 5) is 25.1. The Kier molecular flexibility index (Phi) is 1.71. The molecular weight excluding hydrogens is 204 g/mol. The maximum atomic E-state index is 12.0. The van der Waals surface area contributed by atoms with Gasteiger partial charge < -0.3 is 0 Å². The van der Waals surface area contributed by atoms with Crippen LogP contribution in [-0.4, -0.2) is 16.5 Å². The number of carbonyl (C=O) groups excluding carboxylic acids is 2. The molecule has 0 radical (unpaired) electrons. The number of para-hydroxylation sites is 1. The lowest BCUT2D eigenvalue weighted by Gasteiger charge is -2.12. The molecule has 0 N–H and O–H groups in total. The molecule has 16 heavy (non-hydrogen) atoms. The molecule has 2 amide bonds. The molecule has 4 nitrogen and oxygen atoms in total. The minimum absolute atomic E-state index is 0.277. The summed E-state index contributed by atoms with van der Waals surface area (Å²) in [6.45, 7) is 0. The van der Waals surface area contributed by atoms with E-state index in [4.69, 9.17) is 0 Å². The second kappa shape index (κ2) is 3.06. The smallest absolute Gasteiger partial charge is 0.266 e. The minimum atomic E-state index is -0.323. The molecule has 0 fully saturated rings. The van der Waals surface area contributed by atoms with E-state index in [1.54, 1.807) is 42.6 Å². The highest BCUT2D eigenvalue weighted by Gasteiger charge is 2.35. The Morgan fingerprint density at radius 2 is 1.62 bits per heavy atom. The number of aromatic nitrogens is 1. The maximum absolute atomic E-state index is 12.0. The predicted molar refractivity (Wildman–Crippen MR) is 58.5 cm³/mol. The Labute approximate surface area is 91.7 Å². The number of benzene rings is 1. The van der Waals surface area contributed by atoms with Crippen molar-refractivity contribution >= 4 is 17.6 Å². The van der Waals surface area contributed by atoms with Crippen LogP contribution in [0, 0.1) is 0 Å². The van der Waals surface area contributed by atoms with E-state index >= 15 is 0 Å². The van der Waals surface area contributed by atoms with Crippen molar-refractivity contribution in [1.82, 2.24) is 4.57 Å². The molecule has 2 heterocycles. The highest BCUT2D eigenvalue weighted by Crippen LogP contribution is 2.23. The molecular formula is C12H8N2O2. The molecule has 0 saturated carbocycles. The van der Waals surface area contributed by atoms with E-state index in [2.05, 4.69) is 0 Å². The molecule has 3 rings (SSSR count). The van der Waals surface area contributed by atoms with Gasteiger partial charge in [-0.25, -0.2) is 9.69 Å². The van der Waals surface area contributed by atoms with E-state index < -0.39 is 0 Å². The van der Waals surface area contributed by atoms with Crippen LogP contribution in [0.15, 0.2) is 48.7 Å². The molecule has 0 unspecified atom stereocenters. The van der Waals surface area contributed by atoms with Crippen molar-refractivity contribution < 1.29 is 9.59 Å². The second-order valence-corrected chi connectivity index (χ2v) is 3.52. The number of fused-ring (bicyclic) bond motifs is 1. The molecule has 0 aliphatic carbocycles. The number of imide groups is 1. The first kappa shape index (κ1) is 8.91. The van der Waals surface area contributed by atoms with Crippen LogP contribution < -0.4 is 4.90 Å². The Morgan fingerprint density at radius 3 is 2.31 bits per heavy atom. The summed E-state index contributed by atoms with van der Waals surface area (Å²) >= 11 is 0. The summed E-state index contributed by atoms with van der Waals surface area (Å²) in [5.74, 6) is -0.277. The van der Waals surface area contributed by atoms with E-state index in [0.29, 0.717) is 11.4 Å². The van der Waals surface area contributed by atoms with Gasteiger partial charge in [-0.05, 0) is 24.3 Å². The van der Waals surface area contributed by atoms with Crippen molar-refractivity contribution in [1.29, 1.82) is 0 Å². The third-order valence-corrected chi connectivity index (χ3v) is 2.58. The molecule has 4 heteroatoms. The fourth-order valence-electron chi connectivity index (χ4n) is 1.84. The van der Waals surface area contributed by atoms with Crippen molar-refractivity contribution in [2.75, 3.05) is 4.90 Å². The summed E-state index contributed by atoms with van der Waals surface area (Å²) in [7, 11) is 0. The van der Waals surface area contributed by atoms with Crippen molar-refractivity contribution in [3.63, 3.8) is 0 Å². The highest BCUT2D eigenvalue weighted by atomic mass is 16.2. The van der Waals surface area contributed by atoms with Crippen LogP contribution in [0.5, 0.6) is 0 Å². The standard InChI is InChI=1S/C12H8N2O2/c15-11-10-7-4-8-13(10)12(16)14(11)9-5-2-1-3-6-9/h1-8H. The first-order valence-electron chi connectivity index (χ1n) is 4.90. The van der Waals surface area contributed by atoms with Gasteiger partial charge in [0.05, 0.1) is 5.69 Å². The number of rotatable bonds is 1. The van der Waals surface area contributed by atoms with Crippen LogP contribution in [0.25, 0.3) is 0 Å². The monoisotopic (exact) mass is 212 g/mol. The molecule has 0 bridgehead atoms. The normalized spacial score (nSPS) is 14.4. The van der Waals surface area contributed by atoms with Gasteiger partial charge in [0.1, 0.15) is 5.69 Å². The molecule has 78 valence electrons. The lowest BCUT2D eigenvalue weighted by molar-refractivity contribution is 0.100. The van der Waals surface area contributed by atoms with E-state index in [1.807, 2.05) is 6.07 Å². The number of anilines is 1. The van der Waals surface area contributed by atoms with Gasteiger partial charge in [0, 0.05) is 6.20 Å². The molecule has 1 aromatic heterocycles. The predicted octanol–water partition coefficient (Wildman–Crippen LogP) is 2.12. The minimum Gasteiger partial charge on any atom is -0.266 e. The average Bonchev–Trinajstić information content (AvgIpc) is 2.86. The summed E-state index contributed by atoms with van der Waals surface area (Å²) in [5.41, 5.74) is 1.01. The first-order valence-corrected chi connectivity index (χ1v) is 4.90. The number of hydrogen-bond donors (Lipinski definition) is 0. The number of amides is 2. The Bertz CT molecular complexity index is 541. The quantitative estimate of drug-likeness (QED) is 0.726. The first-order chi connectivity index (χ1) is 7.79. The van der Waals surface area contributed by atoms with Gasteiger partial charge >= 0.3 is 6.03 Å². The second-order valence-electron chi connectivity index (χ2n) is 3.52. The molecule has 2 aromatic rings. The number of carbonyl (C=O) groups is 2. The van der Waals surface area contributed by atoms with Crippen molar-refractivity contribution in [3.8, 4) is 0 Å². The van der Waals surface area contributed by atoms with Gasteiger partial charge in [0.25, 0.3) is 5.91 Å². The molecule has 0 atom stereocenters. The summed E-state index contributed by atoms with van der Waals surface area (Å²) in [5, 5.41) is 0. The number of nitrogens with zero attached hydrogens (tertiary/aromatic N) is 2. The van der Waals surface area contributed by atoms with Crippen LogP contribution in [0.3, 0.4) is 0 Å². The van der Waals surface area contributed by atoms with E-state index in [9.17, 15) is 9.59 Å². The van der Waals surface area contributed by atoms with Crippen LogP contribution >= 0.6 is 0 Å². The third-order valence-electron chi connectivity index (χ3n) is 2.58. The Balaban J connectivity index is 2.11. The van der Waals surface area contributed by atoms with Crippen LogP contribution in [-0.2, 0) is 0 Å². The fourth-order valence-corrected chi connectivity index (χ4v) is 1.84. The van der Waals surface area contributed by atoms with Gasteiger partial charge in [0.2, 0.25) is 0 Å². The molecule has 1 aliphatic heterocycles. The summed E-state index contributed by atoms with van der Waals surface area (Å²) in [6.07, 6.45) is 1.60. The van der Waals surface area contributed by atoms with Crippen molar-refractivity contribution in [2.24, 2.45) is 0 Å². The topological polar surface area (TPSA) is 42.3 Å². The summed E-state index contributed by atoms with van der Waals surface area (Å²) in [6, 6.07) is 11.9. The zero-order valence-electron chi connectivity index (χ0n) is 8.33. The van der Waals surface area contributed by atoms with E-state index in [-0.39, 0.29) is 11.9 Å². The van der Waals surface area contributed by atoms with Gasteiger partial charge in [-0.2, -0.15) is 0 Å². The average molecular weight is 212 g/mol. The zero-order chi connectivity index (χ0) is 11.1. The van der Waals surface area contributed by atoms with E-state index in [0.717, 1.165) is 0 Å². The number of hydrogen-bond acceptors (Lipinski definition) is 2. The maximum Gasteiger partial charge on any atom is 0.340 e. The van der Waals surface area contributed by atoms with Gasteiger partial charge in [-0.15, -0.1) is 0 Å². The third kappa shape index (κ3) is 1.04. The van der Waals surface area contributed by atoms with Gasteiger partial charge in [-0.3, -0.25) is 9.36 Å². The Morgan fingerprint density at radius 1 is 0.875 bits per heavy atom. The SMILES string of the molecule is O=C1c2cccn2C(=O)N1c1ccccc1. The molecule has 1 aliphatic rings. The lowest BCUT2D eigenvalue weighted by Crippen LogP contribution is -2.30. The van der Waals surface area contributed by atoms with Crippen LogP contribution in [0.4, 0.5) is 10.5 Å². The van der Waals surface area contributed by atoms with Gasteiger partial charge in [0.15, 0.2) is 0 Å². The lowest BCUT2D eigenvalue weighted by atomic mass is 10.3. The molecule has 1 aromatic carbocycles. The van der Waals surface area contributed by atoms with Crippen LogP contribution in [0.2, 0.25) is 0 Å². The zero-order valence-corrected chi connectivity index (χ0v) is 8.33.